The molecule has 0 aliphatic heterocycles. The average Bonchev–Trinajstić information content (AvgIpc) is 2.27. The quantitative estimate of drug-likeness (QED) is 0.758. The average molecular weight is 253 g/mol. The topological polar surface area (TPSA) is 39.1 Å². The zero-order chi connectivity index (χ0) is 14.4. The lowest BCUT2D eigenvalue weighted by molar-refractivity contribution is 0.137. The molecular weight excluding hydrogens is 222 g/mol. The molecule has 18 heavy (non-hydrogen) atoms. The molecule has 106 valence electrons. The van der Waals surface area contributed by atoms with E-state index in [-0.39, 0.29) is 5.54 Å². The minimum absolute atomic E-state index is 0.301. The van der Waals surface area contributed by atoms with E-state index >= 15 is 0 Å². The lowest BCUT2D eigenvalue weighted by atomic mass is 9.87. The molecule has 0 amide bonds. The molecule has 2 unspecified atom stereocenters. The second-order valence-corrected chi connectivity index (χ2v) is 6.60. The Labute approximate surface area is 114 Å². The molecule has 1 N–H and O–H groups in total. The fraction of sp³-hybridized carbons (Fsp3) is 0.933. The molecule has 2 atom stereocenters. The highest BCUT2D eigenvalue weighted by Crippen LogP contribution is 2.23. The molecule has 3 nitrogen and oxygen atoms in total. The summed E-state index contributed by atoms with van der Waals surface area (Å²) in [6.07, 6.45) is 1.95. The molecule has 0 aromatic heterocycles. The molecular formula is C15H31N3. The predicted molar refractivity (Wildman–Crippen MR) is 78.5 cm³/mol. The van der Waals surface area contributed by atoms with Gasteiger partial charge in [0.15, 0.2) is 0 Å². The number of nitrogens with zero attached hydrogens (tertiary/aromatic N) is 2. The Balaban J connectivity index is 4.16. The van der Waals surface area contributed by atoms with E-state index in [1.54, 1.807) is 0 Å². The molecule has 0 saturated carbocycles. The van der Waals surface area contributed by atoms with Gasteiger partial charge in [-0.05, 0) is 52.2 Å². The van der Waals surface area contributed by atoms with Crippen molar-refractivity contribution in [3.05, 3.63) is 0 Å². The Hall–Kier alpha value is -0.590. The highest BCUT2D eigenvalue weighted by Gasteiger charge is 2.25. The van der Waals surface area contributed by atoms with Crippen molar-refractivity contribution in [1.82, 2.24) is 10.2 Å². The summed E-state index contributed by atoms with van der Waals surface area (Å²) in [5, 5.41) is 12.5. The molecule has 3 heteroatoms. The Morgan fingerprint density at radius 3 is 2.22 bits per heavy atom. The van der Waals surface area contributed by atoms with Crippen LogP contribution in [0.2, 0.25) is 0 Å². The first-order valence-corrected chi connectivity index (χ1v) is 7.03. The van der Waals surface area contributed by atoms with Gasteiger partial charge in [0, 0.05) is 6.04 Å². The van der Waals surface area contributed by atoms with Crippen molar-refractivity contribution >= 4 is 0 Å². The van der Waals surface area contributed by atoms with Crippen LogP contribution in [0.1, 0.15) is 54.4 Å². The molecule has 0 aliphatic rings. The van der Waals surface area contributed by atoms with E-state index in [4.69, 9.17) is 0 Å². The maximum Gasteiger partial charge on any atom is 0.103 e. The Morgan fingerprint density at radius 1 is 1.28 bits per heavy atom. The molecule has 0 spiro atoms. The van der Waals surface area contributed by atoms with Crippen LogP contribution in [0, 0.1) is 16.7 Å². The predicted octanol–water partition coefficient (Wildman–Crippen LogP) is 3.02. The first-order valence-electron chi connectivity index (χ1n) is 7.03. The Bertz CT molecular complexity index is 274. The Morgan fingerprint density at radius 2 is 1.83 bits per heavy atom. The van der Waals surface area contributed by atoms with Crippen LogP contribution in [0.4, 0.5) is 0 Å². The van der Waals surface area contributed by atoms with Gasteiger partial charge in [-0.25, -0.2) is 0 Å². The highest BCUT2D eigenvalue weighted by molar-refractivity contribution is 5.03. The molecule has 0 bridgehead atoms. The summed E-state index contributed by atoms with van der Waals surface area (Å²) in [7, 11) is 2.17. The lowest BCUT2D eigenvalue weighted by Gasteiger charge is -2.36. The second-order valence-electron chi connectivity index (χ2n) is 6.60. The maximum atomic E-state index is 9.19. The number of hydrogen-bond donors (Lipinski definition) is 1. The van der Waals surface area contributed by atoms with Gasteiger partial charge in [-0.1, -0.05) is 27.7 Å². The largest absolute Gasteiger partial charge is 0.303 e. The van der Waals surface area contributed by atoms with E-state index in [0.29, 0.717) is 11.5 Å². The van der Waals surface area contributed by atoms with Crippen LogP contribution in [0.25, 0.3) is 0 Å². The molecule has 0 rings (SSSR count). The smallest absolute Gasteiger partial charge is 0.103 e. The van der Waals surface area contributed by atoms with Crippen LogP contribution in [0.3, 0.4) is 0 Å². The lowest BCUT2D eigenvalue weighted by Crippen LogP contribution is -2.43. The highest BCUT2D eigenvalue weighted by atomic mass is 15.1. The van der Waals surface area contributed by atoms with Crippen molar-refractivity contribution in [3.8, 4) is 6.07 Å². The zero-order valence-electron chi connectivity index (χ0n) is 13.3. The molecule has 0 fully saturated rings. The fourth-order valence-corrected chi connectivity index (χ4v) is 2.11. The van der Waals surface area contributed by atoms with E-state index in [1.807, 2.05) is 13.8 Å². The van der Waals surface area contributed by atoms with E-state index in [2.05, 4.69) is 51.0 Å². The number of nitrogens with one attached hydrogen (secondary N) is 1. The monoisotopic (exact) mass is 253 g/mol. The van der Waals surface area contributed by atoms with Gasteiger partial charge in [0.05, 0.1) is 6.07 Å². The van der Waals surface area contributed by atoms with Crippen molar-refractivity contribution in [2.45, 2.75) is 66.0 Å². The zero-order valence-corrected chi connectivity index (χ0v) is 13.3. The first kappa shape index (κ1) is 17.4. The number of rotatable bonds is 7. The van der Waals surface area contributed by atoms with Crippen LogP contribution in [0.15, 0.2) is 0 Å². The van der Waals surface area contributed by atoms with Gasteiger partial charge in [0.25, 0.3) is 0 Å². The van der Waals surface area contributed by atoms with Crippen molar-refractivity contribution in [3.63, 3.8) is 0 Å². The molecule has 0 aromatic carbocycles. The van der Waals surface area contributed by atoms with Gasteiger partial charge < -0.3 is 4.90 Å². The summed E-state index contributed by atoms with van der Waals surface area (Å²) >= 11 is 0. The summed E-state index contributed by atoms with van der Waals surface area (Å²) in [6, 6.07) is 2.93. The summed E-state index contributed by atoms with van der Waals surface area (Å²) in [5.74, 6) is 0. The Kier molecular flexibility index (Phi) is 6.88. The van der Waals surface area contributed by atoms with E-state index < -0.39 is 0 Å². The maximum absolute atomic E-state index is 9.19. The summed E-state index contributed by atoms with van der Waals surface area (Å²) in [6.45, 7) is 15.0. The molecule has 0 saturated heterocycles. The normalized spacial score (nSPS) is 17.3. The third kappa shape index (κ3) is 5.84. The summed E-state index contributed by atoms with van der Waals surface area (Å²) < 4.78 is 0. The van der Waals surface area contributed by atoms with E-state index in [9.17, 15) is 5.26 Å². The minimum Gasteiger partial charge on any atom is -0.303 e. The van der Waals surface area contributed by atoms with Gasteiger partial charge in [-0.3, -0.25) is 5.32 Å². The van der Waals surface area contributed by atoms with Gasteiger partial charge >= 0.3 is 0 Å². The summed E-state index contributed by atoms with van der Waals surface area (Å²) in [5.41, 5.74) is -0.0739. The van der Waals surface area contributed by atoms with Gasteiger partial charge in [-0.15, -0.1) is 0 Å². The van der Waals surface area contributed by atoms with Crippen molar-refractivity contribution in [2.75, 3.05) is 20.1 Å². The van der Waals surface area contributed by atoms with Gasteiger partial charge in [-0.2, -0.15) is 5.26 Å². The standard InChI is InChI=1S/C15H31N3/c1-8-17-15(6,12-16)10-9-11-18(7)13(2)14(3,4)5/h13,17H,8-11H2,1-7H3. The second kappa shape index (κ2) is 7.11. The summed E-state index contributed by atoms with van der Waals surface area (Å²) in [4.78, 5) is 2.39. The fourth-order valence-electron chi connectivity index (χ4n) is 2.11. The van der Waals surface area contributed by atoms with Crippen molar-refractivity contribution in [2.24, 2.45) is 5.41 Å². The van der Waals surface area contributed by atoms with Crippen molar-refractivity contribution in [1.29, 1.82) is 5.26 Å². The van der Waals surface area contributed by atoms with Crippen LogP contribution >= 0.6 is 0 Å². The van der Waals surface area contributed by atoms with E-state index in [0.717, 1.165) is 25.9 Å². The molecule has 0 aliphatic carbocycles. The SMILES string of the molecule is CCNC(C)(C#N)CCCN(C)C(C)C(C)(C)C. The first-order chi connectivity index (χ1) is 8.16. The van der Waals surface area contributed by atoms with Crippen LogP contribution in [-0.2, 0) is 0 Å². The van der Waals surface area contributed by atoms with Crippen LogP contribution in [-0.4, -0.2) is 36.6 Å². The van der Waals surface area contributed by atoms with Crippen molar-refractivity contribution < 1.29 is 0 Å². The molecule has 0 aromatic rings. The van der Waals surface area contributed by atoms with Gasteiger partial charge in [0.2, 0.25) is 0 Å². The minimum atomic E-state index is -0.374. The van der Waals surface area contributed by atoms with Crippen LogP contribution in [0.5, 0.6) is 0 Å². The molecule has 0 heterocycles. The molecule has 0 radical (unpaired) electrons. The van der Waals surface area contributed by atoms with Gasteiger partial charge in [0.1, 0.15) is 5.54 Å². The van der Waals surface area contributed by atoms with Crippen LogP contribution < -0.4 is 5.32 Å². The number of nitriles is 1. The number of hydrogen-bond acceptors (Lipinski definition) is 3. The third-order valence-corrected chi connectivity index (χ3v) is 3.92. The third-order valence-electron chi connectivity index (χ3n) is 3.92. The van der Waals surface area contributed by atoms with E-state index in [1.165, 1.54) is 0 Å².